The van der Waals surface area contributed by atoms with Gasteiger partial charge in [-0.3, -0.25) is 4.90 Å². The first kappa shape index (κ1) is 16.4. The first-order valence-corrected chi connectivity index (χ1v) is 7.92. The number of nitrogens with two attached hydrogens (primary N) is 1. The highest BCUT2D eigenvalue weighted by Crippen LogP contribution is 2.27. The molecule has 2 N–H and O–H groups in total. The molecule has 0 saturated carbocycles. The predicted octanol–water partition coefficient (Wildman–Crippen LogP) is 2.33. The van der Waals surface area contributed by atoms with Crippen LogP contribution in [0.4, 0.5) is 0 Å². The molecule has 1 aromatic carbocycles. The van der Waals surface area contributed by atoms with Crippen LogP contribution in [0.2, 0.25) is 0 Å². The SMILES string of the molecule is CCOC1CCN(C(CN)c2ccccc2COC)CC1. The molecule has 0 aliphatic carbocycles. The van der Waals surface area contributed by atoms with Crippen molar-refractivity contribution in [2.24, 2.45) is 5.73 Å². The molecule has 0 bridgehead atoms. The van der Waals surface area contributed by atoms with E-state index in [1.54, 1.807) is 7.11 Å². The topological polar surface area (TPSA) is 47.7 Å². The second-order valence-electron chi connectivity index (χ2n) is 5.57. The van der Waals surface area contributed by atoms with E-state index in [0.717, 1.165) is 32.5 Å². The van der Waals surface area contributed by atoms with Crippen LogP contribution in [0.5, 0.6) is 0 Å². The van der Waals surface area contributed by atoms with Crippen LogP contribution in [0.15, 0.2) is 24.3 Å². The fourth-order valence-electron chi connectivity index (χ4n) is 3.21. The van der Waals surface area contributed by atoms with Crippen LogP contribution in [-0.2, 0) is 16.1 Å². The zero-order valence-electron chi connectivity index (χ0n) is 13.3. The van der Waals surface area contributed by atoms with Crippen molar-refractivity contribution in [1.82, 2.24) is 4.90 Å². The van der Waals surface area contributed by atoms with Crippen LogP contribution >= 0.6 is 0 Å². The van der Waals surface area contributed by atoms with Crippen molar-refractivity contribution >= 4 is 0 Å². The summed E-state index contributed by atoms with van der Waals surface area (Å²) in [6.45, 7) is 6.25. The fourth-order valence-corrected chi connectivity index (χ4v) is 3.21. The summed E-state index contributed by atoms with van der Waals surface area (Å²) in [6.07, 6.45) is 2.60. The molecule has 118 valence electrons. The average molecular weight is 292 g/mol. The lowest BCUT2D eigenvalue weighted by molar-refractivity contribution is 0.00429. The number of hydrogen-bond acceptors (Lipinski definition) is 4. The summed E-state index contributed by atoms with van der Waals surface area (Å²) in [4.78, 5) is 2.49. The van der Waals surface area contributed by atoms with E-state index in [1.807, 2.05) is 0 Å². The number of rotatable bonds is 7. The van der Waals surface area contributed by atoms with Crippen molar-refractivity contribution in [2.45, 2.75) is 38.5 Å². The Balaban J connectivity index is 2.06. The number of benzene rings is 1. The van der Waals surface area contributed by atoms with E-state index in [2.05, 4.69) is 36.1 Å². The lowest BCUT2D eigenvalue weighted by atomic mass is 9.96. The number of hydrogen-bond donors (Lipinski definition) is 1. The Morgan fingerprint density at radius 2 is 2.00 bits per heavy atom. The first-order valence-electron chi connectivity index (χ1n) is 7.92. The van der Waals surface area contributed by atoms with Crippen molar-refractivity contribution < 1.29 is 9.47 Å². The van der Waals surface area contributed by atoms with Crippen LogP contribution < -0.4 is 5.73 Å². The molecule has 2 rings (SSSR count). The summed E-state index contributed by atoms with van der Waals surface area (Å²) in [5, 5.41) is 0. The van der Waals surface area contributed by atoms with Crippen molar-refractivity contribution in [3.05, 3.63) is 35.4 Å². The van der Waals surface area contributed by atoms with Gasteiger partial charge in [-0.25, -0.2) is 0 Å². The van der Waals surface area contributed by atoms with Gasteiger partial charge in [0, 0.05) is 39.4 Å². The smallest absolute Gasteiger partial charge is 0.0716 e. The van der Waals surface area contributed by atoms with Gasteiger partial charge in [-0.1, -0.05) is 24.3 Å². The Hall–Kier alpha value is -0.940. The van der Waals surface area contributed by atoms with Gasteiger partial charge in [0.2, 0.25) is 0 Å². The molecule has 1 aliphatic heterocycles. The lowest BCUT2D eigenvalue weighted by Crippen LogP contribution is -2.42. The van der Waals surface area contributed by atoms with Crippen LogP contribution in [0.25, 0.3) is 0 Å². The summed E-state index contributed by atoms with van der Waals surface area (Å²) < 4.78 is 11.1. The number of ether oxygens (including phenoxy) is 2. The van der Waals surface area contributed by atoms with E-state index >= 15 is 0 Å². The molecule has 1 heterocycles. The number of methoxy groups -OCH3 is 1. The number of piperidine rings is 1. The second kappa shape index (κ2) is 8.49. The van der Waals surface area contributed by atoms with Crippen LogP contribution in [0, 0.1) is 0 Å². The van der Waals surface area contributed by atoms with Crippen molar-refractivity contribution in [1.29, 1.82) is 0 Å². The molecule has 0 amide bonds. The molecule has 4 heteroatoms. The Bertz CT molecular complexity index is 417. The molecular formula is C17H28N2O2. The van der Waals surface area contributed by atoms with Gasteiger partial charge in [-0.05, 0) is 30.9 Å². The molecule has 0 aromatic heterocycles. The van der Waals surface area contributed by atoms with Gasteiger partial charge in [0.15, 0.2) is 0 Å². The lowest BCUT2D eigenvalue weighted by Gasteiger charge is -2.37. The van der Waals surface area contributed by atoms with Gasteiger partial charge in [-0.15, -0.1) is 0 Å². The zero-order valence-corrected chi connectivity index (χ0v) is 13.3. The zero-order chi connectivity index (χ0) is 15.1. The Morgan fingerprint density at radius 1 is 1.29 bits per heavy atom. The highest BCUT2D eigenvalue weighted by Gasteiger charge is 2.26. The quantitative estimate of drug-likeness (QED) is 0.838. The molecule has 1 unspecified atom stereocenters. The number of likely N-dealkylation sites (tertiary alicyclic amines) is 1. The molecule has 1 saturated heterocycles. The van der Waals surface area contributed by atoms with E-state index in [1.165, 1.54) is 11.1 Å². The fraction of sp³-hybridized carbons (Fsp3) is 0.647. The van der Waals surface area contributed by atoms with Gasteiger partial charge in [0.1, 0.15) is 0 Å². The van der Waals surface area contributed by atoms with E-state index < -0.39 is 0 Å². The average Bonchev–Trinajstić information content (AvgIpc) is 2.52. The van der Waals surface area contributed by atoms with Gasteiger partial charge >= 0.3 is 0 Å². The van der Waals surface area contributed by atoms with Crippen LogP contribution in [0.1, 0.15) is 36.9 Å². The van der Waals surface area contributed by atoms with Crippen LogP contribution in [0.3, 0.4) is 0 Å². The summed E-state index contributed by atoms with van der Waals surface area (Å²) in [5.41, 5.74) is 8.62. The normalized spacial score (nSPS) is 18.8. The molecule has 1 fully saturated rings. The standard InChI is InChI=1S/C17H28N2O2/c1-3-21-15-8-10-19(11-9-15)17(12-18)16-7-5-4-6-14(16)13-20-2/h4-7,15,17H,3,8-13,18H2,1-2H3. The summed E-state index contributed by atoms with van der Waals surface area (Å²) in [6, 6.07) is 8.74. The largest absolute Gasteiger partial charge is 0.380 e. The minimum atomic E-state index is 0.277. The van der Waals surface area contributed by atoms with Gasteiger partial charge in [0.25, 0.3) is 0 Å². The van der Waals surface area contributed by atoms with Crippen molar-refractivity contribution in [3.8, 4) is 0 Å². The van der Waals surface area contributed by atoms with E-state index in [-0.39, 0.29) is 6.04 Å². The van der Waals surface area contributed by atoms with E-state index in [4.69, 9.17) is 15.2 Å². The minimum absolute atomic E-state index is 0.277. The van der Waals surface area contributed by atoms with Crippen molar-refractivity contribution in [2.75, 3.05) is 33.4 Å². The number of nitrogens with zero attached hydrogens (tertiary/aromatic N) is 1. The molecule has 0 spiro atoms. The highest BCUT2D eigenvalue weighted by molar-refractivity contribution is 5.30. The molecular weight excluding hydrogens is 264 g/mol. The molecule has 4 nitrogen and oxygen atoms in total. The monoisotopic (exact) mass is 292 g/mol. The summed E-state index contributed by atoms with van der Waals surface area (Å²) in [7, 11) is 1.74. The third kappa shape index (κ3) is 4.27. The molecule has 0 radical (unpaired) electrons. The summed E-state index contributed by atoms with van der Waals surface area (Å²) in [5.74, 6) is 0. The molecule has 21 heavy (non-hydrogen) atoms. The maximum Gasteiger partial charge on any atom is 0.0716 e. The first-order chi connectivity index (χ1) is 10.3. The Morgan fingerprint density at radius 3 is 2.62 bits per heavy atom. The molecule has 1 aromatic rings. The minimum Gasteiger partial charge on any atom is -0.380 e. The Labute approximate surface area is 128 Å². The molecule has 1 aliphatic rings. The molecule has 1 atom stereocenters. The van der Waals surface area contributed by atoms with Gasteiger partial charge in [-0.2, -0.15) is 0 Å². The van der Waals surface area contributed by atoms with Crippen molar-refractivity contribution in [3.63, 3.8) is 0 Å². The summed E-state index contributed by atoms with van der Waals surface area (Å²) >= 11 is 0. The highest BCUT2D eigenvalue weighted by atomic mass is 16.5. The van der Waals surface area contributed by atoms with Gasteiger partial charge < -0.3 is 15.2 Å². The maximum atomic E-state index is 6.08. The van der Waals surface area contributed by atoms with Crippen LogP contribution in [-0.4, -0.2) is 44.4 Å². The third-order valence-corrected chi connectivity index (χ3v) is 4.26. The van der Waals surface area contributed by atoms with E-state index in [9.17, 15) is 0 Å². The predicted molar refractivity (Wildman–Crippen MR) is 85.2 cm³/mol. The van der Waals surface area contributed by atoms with E-state index in [0.29, 0.717) is 19.3 Å². The third-order valence-electron chi connectivity index (χ3n) is 4.26. The maximum absolute atomic E-state index is 6.08. The second-order valence-corrected chi connectivity index (χ2v) is 5.57. The van der Waals surface area contributed by atoms with Gasteiger partial charge in [0.05, 0.1) is 12.7 Å². The Kier molecular flexibility index (Phi) is 6.64.